The highest BCUT2D eigenvalue weighted by molar-refractivity contribution is 14.1. The fourth-order valence-corrected chi connectivity index (χ4v) is 3.01. The summed E-state index contributed by atoms with van der Waals surface area (Å²) in [6.45, 7) is 9.40. The minimum absolute atomic E-state index is 0.488. The van der Waals surface area contributed by atoms with Crippen LogP contribution in [0.25, 0.3) is 0 Å². The van der Waals surface area contributed by atoms with Crippen molar-refractivity contribution in [3.63, 3.8) is 0 Å². The highest BCUT2D eigenvalue weighted by atomic mass is 127. The lowest BCUT2D eigenvalue weighted by Gasteiger charge is -2.34. The molecule has 2 atom stereocenters. The molecule has 2 unspecified atom stereocenters. The van der Waals surface area contributed by atoms with Crippen LogP contribution in [0.15, 0.2) is 0 Å². The summed E-state index contributed by atoms with van der Waals surface area (Å²) < 4.78 is 2.98. The zero-order chi connectivity index (χ0) is 9.78. The van der Waals surface area contributed by atoms with Crippen molar-refractivity contribution in [2.24, 2.45) is 11.3 Å². The topological polar surface area (TPSA) is 0 Å². The second-order valence-corrected chi connectivity index (χ2v) is 6.26. The highest BCUT2D eigenvalue weighted by Gasteiger charge is 2.29. The van der Waals surface area contributed by atoms with E-state index in [4.69, 9.17) is 0 Å². The van der Waals surface area contributed by atoms with Gasteiger partial charge in [0, 0.05) is 8.35 Å². The molecule has 0 aromatic heterocycles. The molecule has 0 aromatic carbocycles. The lowest BCUT2D eigenvalue weighted by atomic mass is 9.75. The molecule has 0 aliphatic rings. The molecule has 0 heterocycles. The number of halogens is 2. The molecular formula is C10H19I2. The zero-order valence-electron chi connectivity index (χ0n) is 8.40. The number of alkyl halides is 1. The van der Waals surface area contributed by atoms with Gasteiger partial charge in [0.05, 0.1) is 0 Å². The van der Waals surface area contributed by atoms with Crippen LogP contribution in [0.3, 0.4) is 0 Å². The molecule has 73 valence electrons. The van der Waals surface area contributed by atoms with E-state index < -0.39 is 0 Å². The van der Waals surface area contributed by atoms with Gasteiger partial charge < -0.3 is 0 Å². The molecule has 0 rings (SSSR count). The van der Waals surface area contributed by atoms with E-state index in [1.165, 1.54) is 12.8 Å². The van der Waals surface area contributed by atoms with Gasteiger partial charge in [0.1, 0.15) is 0 Å². The quantitative estimate of drug-likeness (QED) is 0.463. The molecule has 0 fully saturated rings. The molecule has 0 amide bonds. The van der Waals surface area contributed by atoms with E-state index in [2.05, 4.69) is 77.3 Å². The Hall–Kier alpha value is 1.46. The predicted molar refractivity (Wildman–Crippen MR) is 74.0 cm³/mol. The van der Waals surface area contributed by atoms with Crippen LogP contribution in [0.5, 0.6) is 0 Å². The fourth-order valence-electron chi connectivity index (χ4n) is 1.41. The summed E-state index contributed by atoms with van der Waals surface area (Å²) in [5.41, 5.74) is 0.488. The van der Waals surface area contributed by atoms with Crippen molar-refractivity contribution in [1.29, 1.82) is 0 Å². The molecule has 12 heavy (non-hydrogen) atoms. The third-order valence-electron chi connectivity index (χ3n) is 2.73. The Morgan fingerprint density at radius 2 is 1.92 bits per heavy atom. The molecule has 0 N–H and O–H groups in total. The van der Waals surface area contributed by atoms with Crippen molar-refractivity contribution in [2.45, 2.75) is 44.5 Å². The van der Waals surface area contributed by atoms with Crippen LogP contribution in [0.2, 0.25) is 0 Å². The average molecular weight is 393 g/mol. The second-order valence-electron chi connectivity index (χ2n) is 4.10. The van der Waals surface area contributed by atoms with Gasteiger partial charge in [-0.2, -0.15) is 0 Å². The molecule has 0 saturated carbocycles. The first-order chi connectivity index (χ1) is 5.45. The summed E-state index contributed by atoms with van der Waals surface area (Å²) in [7, 11) is 0. The first-order valence-corrected chi connectivity index (χ1v) is 7.02. The third-order valence-corrected chi connectivity index (χ3v) is 6.31. The largest absolute Gasteiger partial charge is 0.0811 e. The van der Waals surface area contributed by atoms with E-state index in [0.29, 0.717) is 9.34 Å². The lowest BCUT2D eigenvalue weighted by Crippen LogP contribution is -2.28. The fraction of sp³-hybridized carbons (Fsp3) is 0.900. The first-order valence-electron chi connectivity index (χ1n) is 4.53. The van der Waals surface area contributed by atoms with Crippen LogP contribution < -0.4 is 0 Å². The van der Waals surface area contributed by atoms with Gasteiger partial charge in [0.15, 0.2) is 0 Å². The van der Waals surface area contributed by atoms with E-state index in [1.807, 2.05) is 0 Å². The molecule has 0 nitrogen and oxygen atoms in total. The van der Waals surface area contributed by atoms with Crippen LogP contribution >= 0.6 is 45.2 Å². The lowest BCUT2D eigenvalue weighted by molar-refractivity contribution is 0.219. The van der Waals surface area contributed by atoms with Crippen molar-refractivity contribution < 1.29 is 0 Å². The Morgan fingerprint density at radius 1 is 1.42 bits per heavy atom. The molecule has 0 aliphatic carbocycles. The standard InChI is InChI=1S/C10H19I2/c1-5-6-10(3,4)8(2)9(12)7-11/h7-9H,5-6H2,1-4H3. The van der Waals surface area contributed by atoms with E-state index >= 15 is 0 Å². The average Bonchev–Trinajstić information content (AvgIpc) is 2.01. The summed E-state index contributed by atoms with van der Waals surface area (Å²) in [6, 6.07) is 0. The Kier molecular flexibility index (Phi) is 6.77. The number of hydrogen-bond acceptors (Lipinski definition) is 0. The number of rotatable bonds is 5. The van der Waals surface area contributed by atoms with Crippen molar-refractivity contribution in [1.82, 2.24) is 0 Å². The Balaban J connectivity index is 4.13. The first kappa shape index (κ1) is 13.5. The van der Waals surface area contributed by atoms with E-state index in [0.717, 1.165) is 5.92 Å². The maximum atomic E-state index is 2.53. The minimum Gasteiger partial charge on any atom is -0.0811 e. The van der Waals surface area contributed by atoms with Gasteiger partial charge in [-0.05, 0) is 17.8 Å². The molecule has 0 aliphatic heterocycles. The van der Waals surface area contributed by atoms with Gasteiger partial charge in [0.25, 0.3) is 0 Å². The van der Waals surface area contributed by atoms with Crippen molar-refractivity contribution in [3.8, 4) is 0 Å². The molecular weight excluding hydrogens is 374 g/mol. The van der Waals surface area contributed by atoms with E-state index in [9.17, 15) is 0 Å². The van der Waals surface area contributed by atoms with E-state index in [1.54, 1.807) is 0 Å². The summed E-state index contributed by atoms with van der Waals surface area (Å²) >= 11 is 4.90. The highest BCUT2D eigenvalue weighted by Crippen LogP contribution is 2.38. The van der Waals surface area contributed by atoms with Gasteiger partial charge in [-0.15, -0.1) is 0 Å². The predicted octanol–water partition coefficient (Wildman–Crippen LogP) is 4.85. The van der Waals surface area contributed by atoms with Gasteiger partial charge in [-0.3, -0.25) is 0 Å². The minimum atomic E-state index is 0.488. The van der Waals surface area contributed by atoms with Crippen molar-refractivity contribution in [3.05, 3.63) is 4.43 Å². The van der Waals surface area contributed by atoms with Gasteiger partial charge in [-0.25, -0.2) is 0 Å². The Morgan fingerprint density at radius 3 is 2.25 bits per heavy atom. The molecule has 0 spiro atoms. The summed E-state index contributed by atoms with van der Waals surface area (Å²) in [5.74, 6) is 0.773. The van der Waals surface area contributed by atoms with Gasteiger partial charge in [0.2, 0.25) is 0 Å². The van der Waals surface area contributed by atoms with Crippen LogP contribution in [-0.2, 0) is 0 Å². The van der Waals surface area contributed by atoms with Crippen molar-refractivity contribution >= 4 is 45.2 Å². The molecule has 0 bridgehead atoms. The van der Waals surface area contributed by atoms with Crippen molar-refractivity contribution in [2.75, 3.05) is 0 Å². The van der Waals surface area contributed by atoms with Crippen LogP contribution in [0.4, 0.5) is 0 Å². The SMILES string of the molecule is CCCC(C)(C)C(C)C(I)[CH]I. The smallest absolute Gasteiger partial charge is 0.0358 e. The summed E-state index contributed by atoms with van der Waals surface area (Å²) in [5, 5.41) is 0. The van der Waals surface area contributed by atoms with Gasteiger partial charge >= 0.3 is 0 Å². The van der Waals surface area contributed by atoms with Crippen LogP contribution in [-0.4, -0.2) is 3.92 Å². The molecule has 2 heteroatoms. The monoisotopic (exact) mass is 393 g/mol. The second kappa shape index (κ2) is 6.04. The van der Waals surface area contributed by atoms with Crippen LogP contribution in [0.1, 0.15) is 40.5 Å². The summed E-state index contributed by atoms with van der Waals surface area (Å²) in [4.78, 5) is 0. The van der Waals surface area contributed by atoms with Gasteiger partial charge in [-0.1, -0.05) is 79.3 Å². The normalized spacial score (nSPS) is 17.5. The number of hydrogen-bond donors (Lipinski definition) is 0. The van der Waals surface area contributed by atoms with Crippen LogP contribution in [0, 0.1) is 15.8 Å². The zero-order valence-corrected chi connectivity index (χ0v) is 12.7. The molecule has 0 saturated heterocycles. The Labute approximate surface area is 105 Å². The maximum Gasteiger partial charge on any atom is 0.0358 e. The molecule has 0 aromatic rings. The Bertz CT molecular complexity index is 121. The third kappa shape index (κ3) is 4.11. The van der Waals surface area contributed by atoms with E-state index in [-0.39, 0.29) is 0 Å². The molecule has 1 radical (unpaired) electrons. The maximum absolute atomic E-state index is 2.53. The summed E-state index contributed by atoms with van der Waals surface area (Å²) in [6.07, 6.45) is 2.63.